The number of hydrogen-bond acceptors (Lipinski definition) is 6. The molecule has 3 amide bonds. The molecule has 35 heavy (non-hydrogen) atoms. The maximum atomic E-state index is 13.1. The van der Waals surface area contributed by atoms with E-state index < -0.39 is 0 Å². The zero-order valence-electron chi connectivity index (χ0n) is 19.6. The van der Waals surface area contributed by atoms with E-state index in [2.05, 4.69) is 10.3 Å². The first-order valence-electron chi connectivity index (χ1n) is 11.1. The van der Waals surface area contributed by atoms with Crippen molar-refractivity contribution in [2.45, 2.75) is 0 Å². The fourth-order valence-corrected chi connectivity index (χ4v) is 3.87. The topological polar surface area (TPSA) is 101 Å². The molecule has 0 saturated carbocycles. The number of rotatable bonds is 6. The van der Waals surface area contributed by atoms with Crippen LogP contribution >= 0.6 is 0 Å². The van der Waals surface area contributed by atoms with Gasteiger partial charge in [0, 0.05) is 55.9 Å². The monoisotopic (exact) mass is 474 g/mol. The van der Waals surface area contributed by atoms with Crippen molar-refractivity contribution in [1.82, 2.24) is 14.8 Å². The standard InChI is InChI=1S/C26H26N4O5/c1-34-21-8-9-22(23(16-21)35-2)26(33)30-13-11-29(12-14-30)25(32)18-5-3-7-20(15-18)28-24(31)19-6-4-10-27-17-19/h3-10,15-17H,11-14H2,1-2H3,(H,28,31). The molecule has 2 aromatic carbocycles. The fraction of sp³-hybridized carbons (Fsp3) is 0.231. The van der Waals surface area contributed by atoms with Crippen LogP contribution in [0, 0.1) is 0 Å². The van der Waals surface area contributed by atoms with E-state index in [9.17, 15) is 14.4 Å². The zero-order valence-corrected chi connectivity index (χ0v) is 19.6. The number of piperazine rings is 1. The Hall–Kier alpha value is -4.40. The van der Waals surface area contributed by atoms with Gasteiger partial charge in [-0.3, -0.25) is 19.4 Å². The lowest BCUT2D eigenvalue weighted by Gasteiger charge is -2.35. The first-order chi connectivity index (χ1) is 17.0. The summed E-state index contributed by atoms with van der Waals surface area (Å²) in [7, 11) is 3.06. The Bertz CT molecular complexity index is 1220. The number of nitrogens with one attached hydrogen (secondary N) is 1. The van der Waals surface area contributed by atoms with Gasteiger partial charge in [-0.25, -0.2) is 0 Å². The largest absolute Gasteiger partial charge is 0.497 e. The molecule has 1 aromatic heterocycles. The average Bonchev–Trinajstić information content (AvgIpc) is 2.92. The van der Waals surface area contributed by atoms with Crippen molar-refractivity contribution in [3.05, 3.63) is 83.7 Å². The van der Waals surface area contributed by atoms with Gasteiger partial charge in [0.1, 0.15) is 11.5 Å². The summed E-state index contributed by atoms with van der Waals surface area (Å²) in [6.07, 6.45) is 3.07. The smallest absolute Gasteiger partial charge is 0.257 e. The molecule has 1 saturated heterocycles. The third-order valence-corrected chi connectivity index (χ3v) is 5.78. The van der Waals surface area contributed by atoms with E-state index >= 15 is 0 Å². The second-order valence-corrected chi connectivity index (χ2v) is 7.93. The van der Waals surface area contributed by atoms with Crippen LogP contribution in [0.4, 0.5) is 5.69 Å². The van der Waals surface area contributed by atoms with Gasteiger partial charge in [0.2, 0.25) is 0 Å². The summed E-state index contributed by atoms with van der Waals surface area (Å²) in [5.74, 6) is 0.433. The van der Waals surface area contributed by atoms with Crippen LogP contribution in [0.5, 0.6) is 11.5 Å². The maximum Gasteiger partial charge on any atom is 0.257 e. The van der Waals surface area contributed by atoms with Crippen molar-refractivity contribution >= 4 is 23.4 Å². The predicted molar refractivity (Wildman–Crippen MR) is 130 cm³/mol. The first kappa shape index (κ1) is 23.7. The van der Waals surface area contributed by atoms with Gasteiger partial charge >= 0.3 is 0 Å². The highest BCUT2D eigenvalue weighted by atomic mass is 16.5. The third-order valence-electron chi connectivity index (χ3n) is 5.78. The Morgan fingerprint density at radius 3 is 2.20 bits per heavy atom. The van der Waals surface area contributed by atoms with Gasteiger partial charge in [-0.05, 0) is 42.5 Å². The van der Waals surface area contributed by atoms with Crippen LogP contribution in [-0.4, -0.2) is 72.9 Å². The van der Waals surface area contributed by atoms with Crippen molar-refractivity contribution in [2.24, 2.45) is 0 Å². The number of methoxy groups -OCH3 is 2. The highest BCUT2D eigenvalue weighted by Gasteiger charge is 2.27. The number of ether oxygens (including phenoxy) is 2. The van der Waals surface area contributed by atoms with Gasteiger partial charge in [-0.15, -0.1) is 0 Å². The van der Waals surface area contributed by atoms with Gasteiger partial charge in [0.15, 0.2) is 0 Å². The summed E-state index contributed by atoms with van der Waals surface area (Å²) in [6.45, 7) is 1.60. The van der Waals surface area contributed by atoms with Crippen molar-refractivity contribution in [3.8, 4) is 11.5 Å². The Balaban J connectivity index is 1.38. The summed E-state index contributed by atoms with van der Waals surface area (Å²) in [4.78, 5) is 45.9. The summed E-state index contributed by atoms with van der Waals surface area (Å²) in [5, 5.41) is 2.79. The lowest BCUT2D eigenvalue weighted by Crippen LogP contribution is -2.50. The van der Waals surface area contributed by atoms with Crippen molar-refractivity contribution in [2.75, 3.05) is 45.7 Å². The van der Waals surface area contributed by atoms with Gasteiger partial charge < -0.3 is 24.6 Å². The number of pyridine rings is 1. The molecular formula is C26H26N4O5. The molecule has 0 unspecified atom stereocenters. The zero-order chi connectivity index (χ0) is 24.8. The van der Waals surface area contributed by atoms with E-state index in [4.69, 9.17) is 9.47 Å². The molecule has 0 radical (unpaired) electrons. The summed E-state index contributed by atoms with van der Waals surface area (Å²) < 4.78 is 10.6. The van der Waals surface area contributed by atoms with Gasteiger partial charge in [-0.2, -0.15) is 0 Å². The lowest BCUT2D eigenvalue weighted by molar-refractivity contribution is 0.0533. The molecule has 0 aliphatic carbocycles. The predicted octanol–water partition coefficient (Wildman–Crippen LogP) is 2.95. The minimum atomic E-state index is -0.302. The fourth-order valence-electron chi connectivity index (χ4n) is 3.87. The molecule has 1 fully saturated rings. The van der Waals surface area contributed by atoms with Gasteiger partial charge in [0.25, 0.3) is 17.7 Å². The van der Waals surface area contributed by atoms with E-state index in [1.54, 1.807) is 77.7 Å². The summed E-state index contributed by atoms with van der Waals surface area (Å²) in [5.41, 5.74) is 1.86. The molecule has 4 rings (SSSR count). The van der Waals surface area contributed by atoms with Crippen LogP contribution in [0.25, 0.3) is 0 Å². The molecule has 2 heterocycles. The number of benzene rings is 2. The minimum Gasteiger partial charge on any atom is -0.497 e. The molecular weight excluding hydrogens is 448 g/mol. The third kappa shape index (κ3) is 5.40. The molecule has 0 atom stereocenters. The summed E-state index contributed by atoms with van der Waals surface area (Å²) >= 11 is 0. The number of amides is 3. The van der Waals surface area contributed by atoms with Crippen molar-refractivity contribution in [3.63, 3.8) is 0 Å². The van der Waals surface area contributed by atoms with Gasteiger partial charge in [0.05, 0.1) is 25.3 Å². The Morgan fingerprint density at radius 1 is 0.829 bits per heavy atom. The van der Waals surface area contributed by atoms with Gasteiger partial charge in [-0.1, -0.05) is 6.07 Å². The number of aromatic nitrogens is 1. The normalized spacial score (nSPS) is 13.2. The summed E-state index contributed by atoms with van der Waals surface area (Å²) in [6, 6.07) is 15.2. The van der Waals surface area contributed by atoms with Crippen LogP contribution in [0.3, 0.4) is 0 Å². The Morgan fingerprint density at radius 2 is 1.54 bits per heavy atom. The van der Waals surface area contributed by atoms with Crippen LogP contribution in [0.2, 0.25) is 0 Å². The number of nitrogens with zero attached hydrogens (tertiary/aromatic N) is 3. The molecule has 1 N–H and O–H groups in total. The van der Waals surface area contributed by atoms with Crippen LogP contribution in [0.15, 0.2) is 67.0 Å². The van der Waals surface area contributed by atoms with Crippen LogP contribution in [0.1, 0.15) is 31.1 Å². The molecule has 1 aliphatic heterocycles. The van der Waals surface area contributed by atoms with E-state index in [-0.39, 0.29) is 17.7 Å². The second kappa shape index (κ2) is 10.7. The number of carbonyl (C=O) groups excluding carboxylic acids is 3. The number of anilines is 1. The second-order valence-electron chi connectivity index (χ2n) is 7.93. The maximum absolute atomic E-state index is 13.1. The van der Waals surface area contributed by atoms with E-state index in [1.165, 1.54) is 13.3 Å². The van der Waals surface area contributed by atoms with Crippen molar-refractivity contribution < 1.29 is 23.9 Å². The van der Waals surface area contributed by atoms with E-state index in [1.807, 2.05) is 0 Å². The molecule has 0 bridgehead atoms. The number of carbonyl (C=O) groups is 3. The van der Waals surface area contributed by atoms with E-state index in [0.717, 1.165) is 0 Å². The molecule has 0 spiro atoms. The average molecular weight is 475 g/mol. The minimum absolute atomic E-state index is 0.156. The molecule has 9 heteroatoms. The number of hydrogen-bond donors (Lipinski definition) is 1. The van der Waals surface area contributed by atoms with Crippen LogP contribution in [-0.2, 0) is 0 Å². The van der Waals surface area contributed by atoms with Crippen molar-refractivity contribution in [1.29, 1.82) is 0 Å². The lowest BCUT2D eigenvalue weighted by atomic mass is 10.1. The first-order valence-corrected chi connectivity index (χ1v) is 11.1. The van der Waals surface area contributed by atoms with Crippen LogP contribution < -0.4 is 14.8 Å². The SMILES string of the molecule is COc1ccc(C(=O)N2CCN(C(=O)c3cccc(NC(=O)c4cccnc4)c3)CC2)c(OC)c1. The molecule has 1 aliphatic rings. The highest BCUT2D eigenvalue weighted by molar-refractivity contribution is 6.05. The quantitative estimate of drug-likeness (QED) is 0.590. The molecule has 180 valence electrons. The Kier molecular flexibility index (Phi) is 7.25. The molecule has 9 nitrogen and oxygen atoms in total. The Labute approximate surface area is 203 Å². The van der Waals surface area contributed by atoms with E-state index in [0.29, 0.717) is 60.1 Å². The highest BCUT2D eigenvalue weighted by Crippen LogP contribution is 2.26. The molecule has 3 aromatic rings.